The van der Waals surface area contributed by atoms with Crippen molar-refractivity contribution in [3.8, 4) is 0 Å². The van der Waals surface area contributed by atoms with Crippen molar-refractivity contribution in [2.75, 3.05) is 18.8 Å². The third-order valence-electron chi connectivity index (χ3n) is 3.04. The fourth-order valence-corrected chi connectivity index (χ4v) is 1.91. The summed E-state index contributed by atoms with van der Waals surface area (Å²) in [6, 6.07) is 8.26. The van der Waals surface area contributed by atoms with Crippen LogP contribution in [0.5, 0.6) is 0 Å². The molecule has 0 fully saturated rings. The molecule has 2 N–H and O–H groups in total. The van der Waals surface area contributed by atoms with Gasteiger partial charge in [-0.2, -0.15) is 0 Å². The first-order valence-electron chi connectivity index (χ1n) is 6.83. The van der Waals surface area contributed by atoms with Gasteiger partial charge in [0.2, 0.25) is 0 Å². The molecule has 0 aliphatic heterocycles. The number of nitrogens with zero attached hydrogens (tertiary/aromatic N) is 1. The van der Waals surface area contributed by atoms with E-state index in [0.29, 0.717) is 0 Å². The molecule has 0 radical (unpaired) electrons. The number of hydrogen-bond acceptors (Lipinski definition) is 2. The number of benzene rings is 1. The van der Waals surface area contributed by atoms with Crippen LogP contribution in [0.25, 0.3) is 0 Å². The first-order valence-corrected chi connectivity index (χ1v) is 6.83. The maximum Gasteiger partial charge on any atom is 0.0314 e. The second-order valence-corrected chi connectivity index (χ2v) is 4.72. The first-order chi connectivity index (χ1) is 8.26. The molecule has 4 heteroatoms. The molecule has 1 aromatic carbocycles. The van der Waals surface area contributed by atoms with E-state index in [9.17, 15) is 0 Å². The quantitative estimate of drug-likeness (QED) is 0.716. The normalized spacial score (nSPS) is 9.84. The molecule has 1 aromatic rings. The lowest BCUT2D eigenvalue weighted by Crippen LogP contribution is -2.25. The Labute approximate surface area is 130 Å². The van der Waals surface area contributed by atoms with Gasteiger partial charge in [0.15, 0.2) is 0 Å². The second-order valence-electron chi connectivity index (χ2n) is 4.72. The second kappa shape index (κ2) is 12.6. The van der Waals surface area contributed by atoms with E-state index in [1.165, 1.54) is 44.3 Å². The Balaban J connectivity index is 0. The highest BCUT2D eigenvalue weighted by atomic mass is 35.5. The van der Waals surface area contributed by atoms with Crippen molar-refractivity contribution in [1.82, 2.24) is 4.90 Å². The maximum absolute atomic E-state index is 5.70. The lowest BCUT2D eigenvalue weighted by atomic mass is 10.1. The summed E-state index contributed by atoms with van der Waals surface area (Å²) in [6.07, 6.45) is 5.12. The molecule has 0 bridgehead atoms. The van der Waals surface area contributed by atoms with E-state index in [-0.39, 0.29) is 24.8 Å². The van der Waals surface area contributed by atoms with Crippen molar-refractivity contribution >= 4 is 30.5 Å². The van der Waals surface area contributed by atoms with E-state index < -0.39 is 0 Å². The summed E-state index contributed by atoms with van der Waals surface area (Å²) in [5, 5.41) is 0. The molecule has 0 saturated heterocycles. The molecule has 19 heavy (non-hydrogen) atoms. The topological polar surface area (TPSA) is 29.3 Å². The number of halogens is 2. The van der Waals surface area contributed by atoms with Crippen molar-refractivity contribution in [3.63, 3.8) is 0 Å². The van der Waals surface area contributed by atoms with Crippen LogP contribution in [0.15, 0.2) is 24.3 Å². The standard InChI is InChI=1S/C15H26N2.2ClH/c1-3-5-11-17(12-6-4-2)13-14-7-9-15(16)10-8-14;;/h7-10H,3-6,11-13,16H2,1-2H3;2*1H. The van der Waals surface area contributed by atoms with Gasteiger partial charge in [0.25, 0.3) is 0 Å². The van der Waals surface area contributed by atoms with E-state index in [2.05, 4.69) is 30.9 Å². The molecule has 1 rings (SSSR count). The van der Waals surface area contributed by atoms with Crippen LogP contribution in [0.1, 0.15) is 45.1 Å². The summed E-state index contributed by atoms with van der Waals surface area (Å²) >= 11 is 0. The van der Waals surface area contributed by atoms with E-state index in [0.717, 1.165) is 12.2 Å². The molecule has 0 heterocycles. The van der Waals surface area contributed by atoms with Gasteiger partial charge in [0.1, 0.15) is 0 Å². The molecule has 0 spiro atoms. The summed E-state index contributed by atoms with van der Waals surface area (Å²) in [6.45, 7) is 7.98. The van der Waals surface area contributed by atoms with Crippen LogP contribution in [-0.2, 0) is 6.54 Å². The van der Waals surface area contributed by atoms with Crippen LogP contribution >= 0.6 is 24.8 Å². The number of hydrogen-bond donors (Lipinski definition) is 1. The van der Waals surface area contributed by atoms with E-state index in [1.807, 2.05) is 12.1 Å². The predicted molar refractivity (Wildman–Crippen MR) is 90.4 cm³/mol. The molecule has 0 aliphatic carbocycles. The summed E-state index contributed by atoms with van der Waals surface area (Å²) in [7, 11) is 0. The minimum Gasteiger partial charge on any atom is -0.399 e. The average Bonchev–Trinajstić information content (AvgIpc) is 2.35. The van der Waals surface area contributed by atoms with Crippen molar-refractivity contribution in [2.45, 2.75) is 46.1 Å². The van der Waals surface area contributed by atoms with Gasteiger partial charge in [-0.3, -0.25) is 4.90 Å². The van der Waals surface area contributed by atoms with Crippen LogP contribution in [0.2, 0.25) is 0 Å². The van der Waals surface area contributed by atoms with Crippen LogP contribution in [-0.4, -0.2) is 18.0 Å². The highest BCUT2D eigenvalue weighted by Crippen LogP contribution is 2.10. The molecular weight excluding hydrogens is 279 g/mol. The van der Waals surface area contributed by atoms with Crippen LogP contribution in [0, 0.1) is 0 Å². The maximum atomic E-state index is 5.70. The third kappa shape index (κ3) is 9.15. The number of anilines is 1. The number of nitrogen functional groups attached to an aromatic ring is 1. The van der Waals surface area contributed by atoms with Gasteiger partial charge in [-0.15, -0.1) is 24.8 Å². The average molecular weight is 307 g/mol. The SMILES string of the molecule is CCCCN(CCCC)Cc1ccc(N)cc1.Cl.Cl. The van der Waals surface area contributed by atoms with Gasteiger partial charge >= 0.3 is 0 Å². The lowest BCUT2D eigenvalue weighted by molar-refractivity contribution is 0.257. The van der Waals surface area contributed by atoms with Crippen molar-refractivity contribution in [2.24, 2.45) is 0 Å². The first kappa shape index (κ1) is 20.9. The monoisotopic (exact) mass is 306 g/mol. The summed E-state index contributed by atoms with van der Waals surface area (Å²) in [4.78, 5) is 2.55. The predicted octanol–water partition coefficient (Wildman–Crippen LogP) is 4.51. The van der Waals surface area contributed by atoms with Crippen molar-refractivity contribution in [1.29, 1.82) is 0 Å². The fourth-order valence-electron chi connectivity index (χ4n) is 1.91. The zero-order chi connectivity index (χ0) is 12.5. The Kier molecular flexibility index (Phi) is 13.8. The van der Waals surface area contributed by atoms with E-state index in [1.54, 1.807) is 0 Å². The molecule has 0 unspecified atom stereocenters. The van der Waals surface area contributed by atoms with E-state index in [4.69, 9.17) is 5.73 Å². The minimum atomic E-state index is 0. The summed E-state index contributed by atoms with van der Waals surface area (Å²) in [5.74, 6) is 0. The van der Waals surface area contributed by atoms with Crippen molar-refractivity contribution < 1.29 is 0 Å². The van der Waals surface area contributed by atoms with Crippen LogP contribution in [0.4, 0.5) is 5.69 Å². The Hall–Kier alpha value is -0.440. The summed E-state index contributed by atoms with van der Waals surface area (Å²) < 4.78 is 0. The van der Waals surface area contributed by atoms with Gasteiger partial charge in [-0.25, -0.2) is 0 Å². The smallest absolute Gasteiger partial charge is 0.0314 e. The highest BCUT2D eigenvalue weighted by Gasteiger charge is 2.04. The number of rotatable bonds is 8. The van der Waals surface area contributed by atoms with Gasteiger partial charge in [-0.1, -0.05) is 38.8 Å². The molecule has 0 aliphatic rings. The fraction of sp³-hybridized carbons (Fsp3) is 0.600. The molecule has 112 valence electrons. The van der Waals surface area contributed by atoms with Gasteiger partial charge in [-0.05, 0) is 43.6 Å². The number of nitrogens with two attached hydrogens (primary N) is 1. The summed E-state index contributed by atoms with van der Waals surface area (Å²) in [5.41, 5.74) is 7.92. The highest BCUT2D eigenvalue weighted by molar-refractivity contribution is 5.85. The molecule has 0 amide bonds. The molecule has 0 atom stereocenters. The zero-order valence-electron chi connectivity index (χ0n) is 12.1. The largest absolute Gasteiger partial charge is 0.399 e. The Bertz CT molecular complexity index is 294. The van der Waals surface area contributed by atoms with Crippen LogP contribution < -0.4 is 5.73 Å². The van der Waals surface area contributed by atoms with E-state index >= 15 is 0 Å². The van der Waals surface area contributed by atoms with Crippen molar-refractivity contribution in [3.05, 3.63) is 29.8 Å². The molecule has 2 nitrogen and oxygen atoms in total. The molecule has 0 saturated carbocycles. The lowest BCUT2D eigenvalue weighted by Gasteiger charge is -2.22. The van der Waals surface area contributed by atoms with Gasteiger partial charge in [0.05, 0.1) is 0 Å². The molecule has 0 aromatic heterocycles. The van der Waals surface area contributed by atoms with Gasteiger partial charge in [0, 0.05) is 12.2 Å². The van der Waals surface area contributed by atoms with Crippen LogP contribution in [0.3, 0.4) is 0 Å². The number of unbranched alkanes of at least 4 members (excludes halogenated alkanes) is 2. The zero-order valence-corrected chi connectivity index (χ0v) is 13.7. The third-order valence-corrected chi connectivity index (χ3v) is 3.04. The minimum absolute atomic E-state index is 0. The Morgan fingerprint density at radius 2 is 1.37 bits per heavy atom. The Morgan fingerprint density at radius 3 is 1.79 bits per heavy atom. The molecular formula is C15H28Cl2N2. The Morgan fingerprint density at radius 1 is 0.895 bits per heavy atom. The van der Waals surface area contributed by atoms with Gasteiger partial charge < -0.3 is 5.73 Å².